The van der Waals surface area contributed by atoms with Gasteiger partial charge in [-0.1, -0.05) is 91.0 Å². The second-order valence-corrected chi connectivity index (χ2v) is 9.13. The predicted molar refractivity (Wildman–Crippen MR) is 151 cm³/mol. The summed E-state index contributed by atoms with van der Waals surface area (Å²) in [5, 5.41) is 10.1. The molecule has 1 N–H and O–H groups in total. The summed E-state index contributed by atoms with van der Waals surface area (Å²) in [6, 6.07) is 34.3. The molecule has 0 saturated heterocycles. The standard InChI is InChI=1S/C29H18B4N2O/c30-28(31,29(32,33)36)27-34-23-16-8-9-17-24(23)35(27)26-21-14-6-4-12-19(21)25(18-10-2-1-3-11-18)20-13-5-7-15-22(20)26/h1-17,36H. The first-order chi connectivity index (χ1) is 17.3. The smallest absolute Gasteiger partial charge is 0.104 e. The molecule has 5 aromatic carbocycles. The van der Waals surface area contributed by atoms with Crippen molar-refractivity contribution in [3.05, 3.63) is 109 Å². The molecule has 1 heterocycles. The first-order valence-electron chi connectivity index (χ1n) is 11.6. The fraction of sp³-hybridized carbons (Fsp3) is 0.0690. The Labute approximate surface area is 214 Å². The van der Waals surface area contributed by atoms with Gasteiger partial charge in [-0.3, -0.25) is 4.57 Å². The SMILES string of the molecule is [B]C([B])(O)C([B])([B])c1nc2ccccc2n1-c1c2ccccc2c(-c2ccccc2)c2ccccc12. The molecule has 0 atom stereocenters. The number of nitrogens with zero attached hydrogens (tertiary/aromatic N) is 2. The first kappa shape index (κ1) is 22.8. The molecule has 6 aromatic rings. The maximum atomic E-state index is 10.6. The van der Waals surface area contributed by atoms with E-state index in [1.54, 1.807) is 0 Å². The van der Waals surface area contributed by atoms with Crippen LogP contribution in [0.25, 0.3) is 49.4 Å². The quantitative estimate of drug-likeness (QED) is 0.316. The Morgan fingerprint density at radius 3 is 1.69 bits per heavy atom. The van der Waals surface area contributed by atoms with Gasteiger partial charge in [0.2, 0.25) is 0 Å². The molecule has 0 aliphatic rings. The fourth-order valence-corrected chi connectivity index (χ4v) is 4.97. The molecule has 0 spiro atoms. The van der Waals surface area contributed by atoms with E-state index < -0.39 is 10.6 Å². The van der Waals surface area contributed by atoms with Crippen molar-refractivity contribution in [2.75, 3.05) is 0 Å². The summed E-state index contributed by atoms with van der Waals surface area (Å²) >= 11 is 0. The first-order valence-corrected chi connectivity index (χ1v) is 11.6. The Morgan fingerprint density at radius 1 is 0.611 bits per heavy atom. The van der Waals surface area contributed by atoms with Crippen molar-refractivity contribution < 1.29 is 5.11 Å². The topological polar surface area (TPSA) is 38.1 Å². The molecule has 7 heteroatoms. The van der Waals surface area contributed by atoms with Crippen LogP contribution in [0.5, 0.6) is 0 Å². The van der Waals surface area contributed by atoms with E-state index in [2.05, 4.69) is 36.4 Å². The highest BCUT2D eigenvalue weighted by Crippen LogP contribution is 2.43. The highest BCUT2D eigenvalue weighted by molar-refractivity contribution is 6.53. The van der Waals surface area contributed by atoms with Crippen LogP contribution in [-0.2, 0) is 5.21 Å². The largest absolute Gasteiger partial charge is 0.410 e. The van der Waals surface area contributed by atoms with Gasteiger partial charge in [0.05, 0.1) is 48.1 Å². The lowest BCUT2D eigenvalue weighted by Gasteiger charge is -2.39. The summed E-state index contributed by atoms with van der Waals surface area (Å²) in [5.41, 5.74) is 4.47. The van der Waals surface area contributed by atoms with Crippen LogP contribution < -0.4 is 0 Å². The second-order valence-electron chi connectivity index (χ2n) is 9.13. The van der Waals surface area contributed by atoms with Crippen LogP contribution in [0.1, 0.15) is 5.82 Å². The van der Waals surface area contributed by atoms with Gasteiger partial charge in [0.25, 0.3) is 0 Å². The molecule has 3 nitrogen and oxygen atoms in total. The number of aromatic nitrogens is 2. The molecule has 0 unspecified atom stereocenters. The van der Waals surface area contributed by atoms with Crippen LogP contribution >= 0.6 is 0 Å². The average Bonchev–Trinajstić information content (AvgIpc) is 3.27. The summed E-state index contributed by atoms with van der Waals surface area (Å²) in [7, 11) is 24.6. The Bertz CT molecular complexity index is 1700. The zero-order valence-corrected chi connectivity index (χ0v) is 19.5. The molecule has 6 rings (SSSR count). The Kier molecular flexibility index (Phi) is 5.17. The number of para-hydroxylation sites is 2. The zero-order chi connectivity index (χ0) is 25.1. The molecule has 8 radical (unpaired) electrons. The molecular weight excluding hydrogens is 436 g/mol. The van der Waals surface area contributed by atoms with E-state index in [0.29, 0.717) is 5.52 Å². The molecule has 0 aliphatic heterocycles. The van der Waals surface area contributed by atoms with Crippen molar-refractivity contribution in [1.29, 1.82) is 0 Å². The van der Waals surface area contributed by atoms with Crippen LogP contribution in [0.2, 0.25) is 0 Å². The van der Waals surface area contributed by atoms with Gasteiger partial charge in [-0.25, -0.2) is 4.98 Å². The maximum Gasteiger partial charge on any atom is 0.104 e. The fourth-order valence-electron chi connectivity index (χ4n) is 4.97. The van der Waals surface area contributed by atoms with Crippen LogP contribution in [0, 0.1) is 0 Å². The molecule has 36 heavy (non-hydrogen) atoms. The lowest BCUT2D eigenvalue weighted by molar-refractivity contribution is 0.189. The highest BCUT2D eigenvalue weighted by atomic mass is 16.3. The minimum atomic E-state index is -2.43. The minimum Gasteiger partial charge on any atom is -0.410 e. The predicted octanol–water partition coefficient (Wildman–Crippen LogP) is 4.47. The van der Waals surface area contributed by atoms with E-state index in [0.717, 1.165) is 43.9 Å². The van der Waals surface area contributed by atoms with E-state index in [-0.39, 0.29) is 5.82 Å². The molecule has 0 amide bonds. The van der Waals surface area contributed by atoms with Gasteiger partial charge in [-0.05, 0) is 44.6 Å². The van der Waals surface area contributed by atoms with E-state index in [1.165, 1.54) is 0 Å². The Morgan fingerprint density at radius 2 is 1.11 bits per heavy atom. The number of aliphatic hydroxyl groups is 1. The third-order valence-electron chi connectivity index (χ3n) is 6.78. The summed E-state index contributed by atoms with van der Waals surface area (Å²) in [6.07, 6.45) is 0. The van der Waals surface area contributed by atoms with Gasteiger partial charge in [0.1, 0.15) is 5.82 Å². The molecule has 0 bridgehead atoms. The van der Waals surface area contributed by atoms with E-state index in [9.17, 15) is 5.11 Å². The van der Waals surface area contributed by atoms with Crippen molar-refractivity contribution in [1.82, 2.24) is 9.55 Å². The maximum absolute atomic E-state index is 10.6. The number of benzene rings is 5. The van der Waals surface area contributed by atoms with Crippen molar-refractivity contribution in [3.8, 4) is 16.8 Å². The van der Waals surface area contributed by atoms with E-state index in [4.69, 9.17) is 36.4 Å². The second kappa shape index (κ2) is 8.18. The lowest BCUT2D eigenvalue weighted by atomic mass is 9.35. The normalized spacial score (nSPS) is 12.5. The van der Waals surface area contributed by atoms with Crippen molar-refractivity contribution >= 4 is 64.0 Å². The molecule has 0 aliphatic carbocycles. The van der Waals surface area contributed by atoms with Crippen molar-refractivity contribution in [2.45, 2.75) is 10.6 Å². The average molecular weight is 454 g/mol. The van der Waals surface area contributed by atoms with Gasteiger partial charge >= 0.3 is 0 Å². The molecule has 1 aromatic heterocycles. The Balaban J connectivity index is 1.85. The van der Waals surface area contributed by atoms with Crippen LogP contribution in [-0.4, -0.2) is 51.4 Å². The van der Waals surface area contributed by atoms with Crippen molar-refractivity contribution in [2.24, 2.45) is 0 Å². The molecule has 0 saturated carbocycles. The van der Waals surface area contributed by atoms with Gasteiger partial charge in [-0.2, -0.15) is 0 Å². The summed E-state index contributed by atoms with van der Waals surface area (Å²) in [5.74, 6) is 0.152. The number of fused-ring (bicyclic) bond motifs is 3. The lowest BCUT2D eigenvalue weighted by Crippen LogP contribution is -2.55. The van der Waals surface area contributed by atoms with Gasteiger partial charge in [0.15, 0.2) is 0 Å². The monoisotopic (exact) mass is 454 g/mol. The van der Waals surface area contributed by atoms with Crippen LogP contribution in [0.3, 0.4) is 0 Å². The van der Waals surface area contributed by atoms with E-state index >= 15 is 0 Å². The highest BCUT2D eigenvalue weighted by Gasteiger charge is 2.39. The number of hydrogen-bond acceptors (Lipinski definition) is 2. The zero-order valence-electron chi connectivity index (χ0n) is 19.5. The molecule has 0 fully saturated rings. The Hall–Kier alpha value is -3.69. The van der Waals surface area contributed by atoms with E-state index in [1.807, 2.05) is 71.3 Å². The third kappa shape index (κ3) is 3.34. The van der Waals surface area contributed by atoms with Crippen LogP contribution in [0.15, 0.2) is 103 Å². The number of hydrogen-bond donors (Lipinski definition) is 1. The van der Waals surface area contributed by atoms with Crippen molar-refractivity contribution in [3.63, 3.8) is 0 Å². The third-order valence-corrected chi connectivity index (χ3v) is 6.78. The summed E-state index contributed by atoms with van der Waals surface area (Å²) < 4.78 is 1.87. The van der Waals surface area contributed by atoms with Crippen LogP contribution in [0.4, 0.5) is 0 Å². The number of imidazole rings is 1. The summed E-state index contributed by atoms with van der Waals surface area (Å²) in [6.45, 7) is 0. The minimum absolute atomic E-state index is 0.152. The summed E-state index contributed by atoms with van der Waals surface area (Å²) in [4.78, 5) is 4.71. The van der Waals surface area contributed by atoms with Gasteiger partial charge < -0.3 is 5.11 Å². The molecule has 162 valence electrons. The van der Waals surface area contributed by atoms with Gasteiger partial charge in [-0.15, -0.1) is 0 Å². The number of rotatable bonds is 4. The molecular formula is C29H18B4N2O. The van der Waals surface area contributed by atoms with Gasteiger partial charge in [0, 0.05) is 10.8 Å².